The van der Waals surface area contributed by atoms with Gasteiger partial charge in [-0.05, 0) is 29.9 Å². The molecule has 0 aromatic heterocycles. The van der Waals surface area contributed by atoms with Crippen LogP contribution in [0.5, 0.6) is 0 Å². The Labute approximate surface area is 159 Å². The molecule has 138 valence electrons. The average Bonchev–Trinajstić information content (AvgIpc) is 2.95. The van der Waals surface area contributed by atoms with Crippen LogP contribution in [0.4, 0.5) is 5.69 Å². The molecule has 2 unspecified atom stereocenters. The van der Waals surface area contributed by atoms with Crippen LogP contribution in [0, 0.1) is 16.0 Å². The Morgan fingerprint density at radius 2 is 2.04 bits per heavy atom. The average molecular weight is 394 g/mol. The molecule has 2 heterocycles. The van der Waals surface area contributed by atoms with Crippen LogP contribution in [0.1, 0.15) is 25.8 Å². The van der Waals surface area contributed by atoms with Gasteiger partial charge in [0.2, 0.25) is 5.91 Å². The lowest BCUT2D eigenvalue weighted by Gasteiger charge is -2.41. The Balaban J connectivity index is 1.70. The van der Waals surface area contributed by atoms with Crippen LogP contribution in [0.2, 0.25) is 0 Å². The first kappa shape index (κ1) is 18.8. The largest absolute Gasteiger partial charge is 0.456 e. The maximum atomic E-state index is 12.6. The molecule has 1 aromatic rings. The number of ether oxygens (including phenoxy) is 1. The lowest BCUT2D eigenvalue weighted by atomic mass is 9.95. The van der Waals surface area contributed by atoms with Crippen molar-refractivity contribution < 1.29 is 19.2 Å². The molecular weight excluding hydrogens is 376 g/mol. The molecule has 0 radical (unpaired) electrons. The first-order chi connectivity index (χ1) is 12.5. The van der Waals surface area contributed by atoms with Crippen molar-refractivity contribution >= 4 is 41.1 Å². The maximum Gasteiger partial charge on any atom is 0.357 e. The van der Waals surface area contributed by atoms with Crippen LogP contribution in [-0.4, -0.2) is 32.8 Å². The number of esters is 1. The smallest absolute Gasteiger partial charge is 0.357 e. The molecule has 1 saturated heterocycles. The van der Waals surface area contributed by atoms with Gasteiger partial charge in [0.15, 0.2) is 5.70 Å². The van der Waals surface area contributed by atoms with E-state index in [1.54, 1.807) is 28.8 Å². The predicted molar refractivity (Wildman–Crippen MR) is 100 cm³/mol. The van der Waals surface area contributed by atoms with E-state index < -0.39 is 10.9 Å². The molecule has 9 heteroatoms. The lowest BCUT2D eigenvalue weighted by molar-refractivity contribution is -0.384. The number of non-ortho nitro benzene ring substituents is 1. The number of amides is 1. The van der Waals surface area contributed by atoms with E-state index in [1.165, 1.54) is 23.9 Å². The highest BCUT2D eigenvalue weighted by Gasteiger charge is 2.55. The number of hydrogen-bond acceptors (Lipinski definition) is 7. The van der Waals surface area contributed by atoms with Crippen molar-refractivity contribution in [3.8, 4) is 0 Å². The molecule has 26 heavy (non-hydrogen) atoms. The molecule has 3 rings (SSSR count). The Morgan fingerprint density at radius 1 is 1.35 bits per heavy atom. The Morgan fingerprint density at radius 3 is 2.62 bits per heavy atom. The molecule has 0 spiro atoms. The number of thioether (sulfide) groups is 2. The number of nitro benzene ring substituents is 1. The fourth-order valence-corrected chi connectivity index (χ4v) is 5.69. The van der Waals surface area contributed by atoms with Crippen LogP contribution in [0.3, 0.4) is 0 Å². The SMILES string of the molecule is CCSC1=C(C(=O)OCc2ccc([N+](=O)[O-])cc2)N2C(=O)C(CC)C2S1. The van der Waals surface area contributed by atoms with E-state index in [-0.39, 0.29) is 29.5 Å². The lowest BCUT2D eigenvalue weighted by Crippen LogP contribution is -2.57. The number of hydrogen-bond donors (Lipinski definition) is 0. The van der Waals surface area contributed by atoms with Crippen LogP contribution >= 0.6 is 23.5 Å². The van der Waals surface area contributed by atoms with E-state index in [2.05, 4.69) is 0 Å². The van der Waals surface area contributed by atoms with Crippen molar-refractivity contribution in [2.75, 3.05) is 5.75 Å². The summed E-state index contributed by atoms with van der Waals surface area (Å²) < 4.78 is 6.20. The molecule has 7 nitrogen and oxygen atoms in total. The zero-order valence-corrected chi connectivity index (χ0v) is 16.0. The number of carbonyl (C=O) groups excluding carboxylic acids is 2. The first-order valence-corrected chi connectivity index (χ1v) is 10.1. The zero-order chi connectivity index (χ0) is 18.8. The van der Waals surface area contributed by atoms with Crippen molar-refractivity contribution in [2.24, 2.45) is 5.92 Å². The summed E-state index contributed by atoms with van der Waals surface area (Å²) in [5.74, 6) is 0.191. The fourth-order valence-electron chi connectivity index (χ4n) is 2.88. The number of rotatable bonds is 7. The van der Waals surface area contributed by atoms with Gasteiger partial charge in [0.1, 0.15) is 6.61 Å². The third-order valence-corrected chi connectivity index (χ3v) is 6.82. The van der Waals surface area contributed by atoms with Crippen LogP contribution < -0.4 is 0 Å². The molecule has 2 atom stereocenters. The van der Waals surface area contributed by atoms with Gasteiger partial charge in [-0.25, -0.2) is 4.79 Å². The summed E-state index contributed by atoms with van der Waals surface area (Å²) in [4.78, 5) is 36.7. The topological polar surface area (TPSA) is 89.8 Å². The summed E-state index contributed by atoms with van der Waals surface area (Å²) in [6.07, 6.45) is 0.752. The van der Waals surface area contributed by atoms with E-state index in [4.69, 9.17) is 4.74 Å². The standard InChI is InChI=1S/C17H18N2O5S2/c1-3-12-14(20)18-13(17(25-4-2)26-15(12)18)16(21)24-9-10-5-7-11(8-6-10)19(22)23/h5-8,12,15H,3-4,9H2,1-2H3. The van der Waals surface area contributed by atoms with Crippen molar-refractivity contribution in [3.63, 3.8) is 0 Å². The zero-order valence-electron chi connectivity index (χ0n) is 14.3. The van der Waals surface area contributed by atoms with Gasteiger partial charge < -0.3 is 4.74 Å². The molecule has 2 aliphatic rings. The number of nitro groups is 1. The molecule has 1 amide bonds. The number of β-lactam (4-membered cyclic amide) rings is 1. The molecule has 1 fully saturated rings. The minimum atomic E-state index is -0.530. The summed E-state index contributed by atoms with van der Waals surface area (Å²) in [6, 6.07) is 5.84. The highest BCUT2D eigenvalue weighted by atomic mass is 32.2. The summed E-state index contributed by atoms with van der Waals surface area (Å²) >= 11 is 3.09. The van der Waals surface area contributed by atoms with Gasteiger partial charge in [-0.3, -0.25) is 19.8 Å². The van der Waals surface area contributed by atoms with E-state index in [0.717, 1.165) is 16.4 Å². The number of nitrogens with zero attached hydrogens (tertiary/aromatic N) is 2. The van der Waals surface area contributed by atoms with Gasteiger partial charge >= 0.3 is 5.97 Å². The van der Waals surface area contributed by atoms with Gasteiger partial charge in [-0.2, -0.15) is 0 Å². The second-order valence-electron chi connectivity index (χ2n) is 5.80. The summed E-state index contributed by atoms with van der Waals surface area (Å²) in [7, 11) is 0. The normalized spacial score (nSPS) is 21.5. The monoisotopic (exact) mass is 394 g/mol. The molecule has 1 aromatic carbocycles. The third-order valence-electron chi connectivity index (χ3n) is 4.24. The first-order valence-electron chi connectivity index (χ1n) is 8.25. The van der Waals surface area contributed by atoms with Gasteiger partial charge in [0, 0.05) is 12.1 Å². The number of carbonyl (C=O) groups is 2. The molecule has 0 bridgehead atoms. The fraction of sp³-hybridized carbons (Fsp3) is 0.412. The van der Waals surface area contributed by atoms with Crippen LogP contribution in [0.25, 0.3) is 0 Å². The number of benzene rings is 1. The van der Waals surface area contributed by atoms with Crippen LogP contribution in [0.15, 0.2) is 34.2 Å². The minimum Gasteiger partial charge on any atom is -0.456 e. The molecule has 2 aliphatic heterocycles. The highest BCUT2D eigenvalue weighted by molar-refractivity contribution is 8.22. The molecule has 0 saturated carbocycles. The Kier molecular flexibility index (Phi) is 5.57. The minimum absolute atomic E-state index is 0.00102. The van der Waals surface area contributed by atoms with Gasteiger partial charge in [-0.1, -0.05) is 25.6 Å². The van der Waals surface area contributed by atoms with Crippen molar-refractivity contribution in [1.29, 1.82) is 0 Å². The van der Waals surface area contributed by atoms with E-state index in [9.17, 15) is 19.7 Å². The number of fused-ring (bicyclic) bond motifs is 1. The van der Waals surface area contributed by atoms with Crippen molar-refractivity contribution in [2.45, 2.75) is 32.2 Å². The predicted octanol–water partition coefficient (Wildman–Crippen LogP) is 3.50. The molecule has 0 N–H and O–H groups in total. The second-order valence-corrected chi connectivity index (χ2v) is 8.46. The van der Waals surface area contributed by atoms with E-state index >= 15 is 0 Å². The Bertz CT molecular complexity index is 778. The summed E-state index contributed by atoms with van der Waals surface area (Å²) in [6.45, 7) is 3.96. The van der Waals surface area contributed by atoms with Crippen LogP contribution in [-0.2, 0) is 20.9 Å². The maximum absolute atomic E-state index is 12.6. The van der Waals surface area contributed by atoms with E-state index in [0.29, 0.717) is 11.3 Å². The van der Waals surface area contributed by atoms with Crippen molar-refractivity contribution in [3.05, 3.63) is 49.9 Å². The van der Waals surface area contributed by atoms with E-state index in [1.807, 2.05) is 13.8 Å². The van der Waals surface area contributed by atoms with Crippen molar-refractivity contribution in [1.82, 2.24) is 4.90 Å². The molecular formula is C17H18N2O5S2. The van der Waals surface area contributed by atoms with Gasteiger partial charge in [-0.15, -0.1) is 11.8 Å². The molecule has 0 aliphatic carbocycles. The highest BCUT2D eigenvalue weighted by Crippen LogP contribution is 2.53. The summed E-state index contributed by atoms with van der Waals surface area (Å²) in [5, 5.41) is 10.7. The van der Waals surface area contributed by atoms with Gasteiger partial charge in [0.25, 0.3) is 5.69 Å². The van der Waals surface area contributed by atoms with Gasteiger partial charge in [0.05, 0.1) is 20.5 Å². The quantitative estimate of drug-likeness (QED) is 0.303. The second kappa shape index (κ2) is 7.71. The third kappa shape index (κ3) is 3.33. The Hall–Kier alpha value is -2.00. The summed E-state index contributed by atoms with van der Waals surface area (Å²) in [5.41, 5.74) is 0.970.